The predicted molar refractivity (Wildman–Crippen MR) is 104 cm³/mol. The van der Waals surface area contributed by atoms with Crippen molar-refractivity contribution in [2.75, 3.05) is 13.6 Å². The molecule has 1 aliphatic heterocycles. The van der Waals surface area contributed by atoms with Gasteiger partial charge in [-0.1, -0.05) is 18.4 Å². The molecule has 140 valence electrons. The summed E-state index contributed by atoms with van der Waals surface area (Å²) < 4.78 is 15.7. The largest absolute Gasteiger partial charge is 0.377 e. The number of hydrogen-bond donors (Lipinski definition) is 1. The summed E-state index contributed by atoms with van der Waals surface area (Å²) in [5, 5.41) is 4.76. The van der Waals surface area contributed by atoms with Crippen LogP contribution in [0.4, 0.5) is 4.39 Å². The number of fused-ring (bicyclic) bond motifs is 1. The van der Waals surface area contributed by atoms with Gasteiger partial charge in [-0.25, -0.2) is 14.1 Å². The Bertz CT molecular complexity index is 1170. The van der Waals surface area contributed by atoms with Crippen LogP contribution in [-0.2, 0) is 0 Å². The van der Waals surface area contributed by atoms with E-state index in [0.29, 0.717) is 22.3 Å². The number of nitrogens with zero attached hydrogens (tertiary/aromatic N) is 4. The van der Waals surface area contributed by atoms with Crippen molar-refractivity contribution in [3.05, 3.63) is 65.9 Å². The fourth-order valence-electron chi connectivity index (χ4n) is 3.31. The van der Waals surface area contributed by atoms with Crippen LogP contribution in [0.2, 0.25) is 0 Å². The van der Waals surface area contributed by atoms with Crippen molar-refractivity contribution in [1.29, 1.82) is 0 Å². The van der Waals surface area contributed by atoms with E-state index in [1.165, 1.54) is 16.8 Å². The van der Waals surface area contributed by atoms with E-state index in [1.807, 2.05) is 7.05 Å². The molecule has 0 radical (unpaired) electrons. The van der Waals surface area contributed by atoms with Gasteiger partial charge >= 0.3 is 0 Å². The monoisotopic (exact) mass is 375 g/mol. The Labute approximate surface area is 161 Å². The van der Waals surface area contributed by atoms with Crippen LogP contribution in [0.5, 0.6) is 0 Å². The molecule has 1 atom stereocenters. The lowest BCUT2D eigenvalue weighted by atomic mass is 10.1. The second kappa shape index (κ2) is 6.82. The van der Waals surface area contributed by atoms with Gasteiger partial charge in [0.25, 0.3) is 5.91 Å². The number of rotatable bonds is 2. The number of aromatic nitrogens is 3. The quantitative estimate of drug-likeness (QED) is 0.698. The maximum atomic E-state index is 14.3. The minimum atomic E-state index is -0.669. The van der Waals surface area contributed by atoms with E-state index >= 15 is 0 Å². The molecule has 0 bridgehead atoms. The van der Waals surface area contributed by atoms with Gasteiger partial charge < -0.3 is 10.6 Å². The van der Waals surface area contributed by atoms with Crippen LogP contribution >= 0.6 is 0 Å². The molecule has 1 fully saturated rings. The van der Waals surface area contributed by atoms with E-state index in [0.717, 1.165) is 18.7 Å². The molecule has 0 aliphatic carbocycles. The number of hydrogen-bond acceptors (Lipinski definition) is 4. The van der Waals surface area contributed by atoms with Crippen molar-refractivity contribution in [2.24, 2.45) is 11.7 Å². The van der Waals surface area contributed by atoms with Crippen LogP contribution in [0.15, 0.2) is 48.8 Å². The molecule has 6 nitrogen and oxygen atoms in total. The third-order valence-electron chi connectivity index (χ3n) is 4.84. The number of carbonyl (C=O) groups is 1. The van der Waals surface area contributed by atoms with Crippen molar-refractivity contribution < 1.29 is 9.18 Å². The van der Waals surface area contributed by atoms with Gasteiger partial charge in [-0.05, 0) is 36.8 Å². The maximum Gasteiger partial charge on any atom is 0.269 e. The van der Waals surface area contributed by atoms with Crippen molar-refractivity contribution >= 4 is 16.9 Å². The van der Waals surface area contributed by atoms with Crippen LogP contribution in [0, 0.1) is 23.6 Å². The number of benzene rings is 1. The maximum absolute atomic E-state index is 14.3. The first kappa shape index (κ1) is 17.7. The number of nitrogens with two attached hydrogens (primary N) is 1. The van der Waals surface area contributed by atoms with Gasteiger partial charge in [-0.15, -0.1) is 0 Å². The Morgan fingerprint density at radius 3 is 2.93 bits per heavy atom. The number of likely N-dealkylation sites (tertiary alicyclic amines) is 1. The average Bonchev–Trinajstić information content (AvgIpc) is 3.21. The van der Waals surface area contributed by atoms with E-state index in [-0.39, 0.29) is 11.6 Å². The van der Waals surface area contributed by atoms with E-state index in [1.54, 1.807) is 24.4 Å². The summed E-state index contributed by atoms with van der Waals surface area (Å²) in [6, 6.07) is 7.79. The third-order valence-corrected chi connectivity index (χ3v) is 4.84. The Morgan fingerprint density at radius 1 is 1.39 bits per heavy atom. The van der Waals surface area contributed by atoms with Crippen molar-refractivity contribution in [3.63, 3.8) is 0 Å². The fraction of sp³-hybridized carbons (Fsp3) is 0.190. The summed E-state index contributed by atoms with van der Waals surface area (Å²) in [7, 11) is 1.98. The predicted octanol–water partition coefficient (Wildman–Crippen LogP) is 2.48. The minimum Gasteiger partial charge on any atom is -0.377 e. The molecule has 1 aromatic carbocycles. The van der Waals surface area contributed by atoms with E-state index in [4.69, 9.17) is 5.73 Å². The summed E-state index contributed by atoms with van der Waals surface area (Å²) >= 11 is 0. The highest BCUT2D eigenvalue weighted by molar-refractivity contribution is 6.03. The second-order valence-corrected chi connectivity index (χ2v) is 6.72. The zero-order valence-corrected chi connectivity index (χ0v) is 15.3. The van der Waals surface area contributed by atoms with Gasteiger partial charge in [-0.2, -0.15) is 5.10 Å². The van der Waals surface area contributed by atoms with Gasteiger partial charge in [0.05, 0.1) is 17.0 Å². The van der Waals surface area contributed by atoms with Crippen LogP contribution in [0.3, 0.4) is 0 Å². The lowest BCUT2D eigenvalue weighted by Gasteiger charge is -2.11. The number of halogens is 1. The van der Waals surface area contributed by atoms with Crippen LogP contribution in [0.25, 0.3) is 16.7 Å². The zero-order chi connectivity index (χ0) is 19.8. The van der Waals surface area contributed by atoms with Gasteiger partial charge in [0.1, 0.15) is 5.82 Å². The molecule has 1 aliphatic rings. The summed E-state index contributed by atoms with van der Waals surface area (Å²) in [4.78, 5) is 18.0. The van der Waals surface area contributed by atoms with Gasteiger partial charge in [0.15, 0.2) is 11.3 Å². The molecule has 28 heavy (non-hydrogen) atoms. The van der Waals surface area contributed by atoms with Gasteiger partial charge in [0.2, 0.25) is 0 Å². The first-order chi connectivity index (χ1) is 13.4. The normalized spacial score (nSPS) is 16.3. The summed E-state index contributed by atoms with van der Waals surface area (Å²) in [5.74, 6) is 5.14. The van der Waals surface area contributed by atoms with Crippen molar-refractivity contribution in [2.45, 2.75) is 6.42 Å². The molecular formula is C21H18FN5O. The van der Waals surface area contributed by atoms with E-state index < -0.39 is 11.7 Å². The molecular weight excluding hydrogens is 357 g/mol. The number of allylic oxidation sites excluding steroid dienone is 1. The highest BCUT2D eigenvalue weighted by Gasteiger charge is 2.21. The Kier molecular flexibility index (Phi) is 4.32. The fourth-order valence-corrected chi connectivity index (χ4v) is 3.31. The zero-order valence-electron chi connectivity index (χ0n) is 15.3. The molecule has 7 heteroatoms. The molecule has 3 heterocycles. The SMILES string of the molecule is C=C1[C@H](C#Cc2cc(F)cc(-n3nc(C(N)=O)c4cccnc43)c2)CCN1C. The van der Waals surface area contributed by atoms with Crippen molar-refractivity contribution in [1.82, 2.24) is 19.7 Å². The highest BCUT2D eigenvalue weighted by Crippen LogP contribution is 2.25. The average molecular weight is 375 g/mol. The molecule has 0 saturated carbocycles. The molecule has 2 N–H and O–H groups in total. The van der Waals surface area contributed by atoms with E-state index in [2.05, 4.69) is 33.4 Å². The summed E-state index contributed by atoms with van der Waals surface area (Å²) in [5.41, 5.74) is 7.83. The smallest absolute Gasteiger partial charge is 0.269 e. The summed E-state index contributed by atoms with van der Waals surface area (Å²) in [6.45, 7) is 4.96. The van der Waals surface area contributed by atoms with E-state index in [9.17, 15) is 9.18 Å². The number of pyridine rings is 1. The number of carbonyl (C=O) groups excluding carboxylic acids is 1. The van der Waals surface area contributed by atoms with Crippen LogP contribution in [0.1, 0.15) is 22.5 Å². The Hall–Kier alpha value is -3.66. The molecule has 3 aromatic rings. The second-order valence-electron chi connectivity index (χ2n) is 6.72. The standard InChI is InChI=1S/C21H18FN5O/c1-13-15(7-9-26(13)2)6-5-14-10-16(22)12-17(11-14)27-21-18(4-3-8-24-21)19(25-27)20(23)28/h3-4,8,10-12,15H,1,7,9H2,2H3,(H2,23,28)/t15-/m1/s1. The van der Waals surface area contributed by atoms with Crippen LogP contribution in [-0.4, -0.2) is 39.2 Å². The van der Waals surface area contributed by atoms with Crippen LogP contribution < -0.4 is 5.73 Å². The number of primary amides is 1. The molecule has 1 saturated heterocycles. The van der Waals surface area contributed by atoms with Gasteiger partial charge in [-0.3, -0.25) is 4.79 Å². The first-order valence-electron chi connectivity index (χ1n) is 8.80. The van der Waals surface area contributed by atoms with Gasteiger partial charge in [0, 0.05) is 31.0 Å². The highest BCUT2D eigenvalue weighted by atomic mass is 19.1. The third kappa shape index (κ3) is 3.09. The lowest BCUT2D eigenvalue weighted by Crippen LogP contribution is -2.12. The first-order valence-corrected chi connectivity index (χ1v) is 8.80. The van der Waals surface area contributed by atoms with Crippen molar-refractivity contribution in [3.8, 4) is 17.5 Å². The topological polar surface area (TPSA) is 77.0 Å². The molecule has 2 aromatic heterocycles. The Balaban J connectivity index is 1.78. The molecule has 0 spiro atoms. The summed E-state index contributed by atoms with van der Waals surface area (Å²) in [6.07, 6.45) is 2.48. The lowest BCUT2D eigenvalue weighted by molar-refractivity contribution is 0.0996. The molecule has 0 unspecified atom stereocenters. The molecule has 4 rings (SSSR count). The minimum absolute atomic E-state index is 0.0605. The number of amides is 1. The Morgan fingerprint density at radius 2 is 2.21 bits per heavy atom. The molecule has 1 amide bonds.